The van der Waals surface area contributed by atoms with Crippen LogP contribution in [0, 0.1) is 11.3 Å². The van der Waals surface area contributed by atoms with Crippen molar-refractivity contribution in [1.29, 1.82) is 5.26 Å². The zero-order chi connectivity index (χ0) is 17.2. The maximum atomic E-state index is 11.6. The fraction of sp³-hybridized carbons (Fsp3) is 0.250. The number of benzene rings is 2. The van der Waals surface area contributed by atoms with Crippen LogP contribution in [-0.4, -0.2) is 24.3 Å². The first-order chi connectivity index (χ1) is 11.7. The van der Waals surface area contributed by atoms with Gasteiger partial charge in [-0.15, -0.1) is 0 Å². The van der Waals surface area contributed by atoms with E-state index in [-0.39, 0.29) is 12.4 Å². The van der Waals surface area contributed by atoms with E-state index >= 15 is 0 Å². The second-order valence-electron chi connectivity index (χ2n) is 5.33. The largest absolute Gasteiger partial charge is 0.447 e. The molecule has 1 atom stereocenters. The Morgan fingerprint density at radius 3 is 2.12 bits per heavy atom. The summed E-state index contributed by atoms with van der Waals surface area (Å²) in [6.07, 6.45) is 0.136. The summed E-state index contributed by atoms with van der Waals surface area (Å²) in [5.74, 6) is -0.361. The van der Waals surface area contributed by atoms with E-state index in [0.29, 0.717) is 13.0 Å². The summed E-state index contributed by atoms with van der Waals surface area (Å²) >= 11 is 0. The number of rotatable bonds is 7. The average molecular weight is 320 g/mol. The van der Waals surface area contributed by atoms with Gasteiger partial charge in [0.25, 0.3) is 0 Å². The number of esters is 1. The third kappa shape index (κ3) is 5.36. The predicted octanol–water partition coefficient (Wildman–Crippen LogP) is 3.76. The lowest BCUT2D eigenvalue weighted by Gasteiger charge is -2.08. The molecule has 2 rings (SSSR count). The Morgan fingerprint density at radius 2 is 1.62 bits per heavy atom. The van der Waals surface area contributed by atoms with Crippen molar-refractivity contribution < 1.29 is 9.53 Å². The number of carbonyl (C=O) groups is 1. The zero-order valence-electron chi connectivity index (χ0n) is 13.7. The molecule has 0 heterocycles. The second kappa shape index (κ2) is 9.26. The van der Waals surface area contributed by atoms with Crippen LogP contribution in [-0.2, 0) is 9.53 Å². The Balaban J connectivity index is 2.02. The molecule has 0 aliphatic rings. The fourth-order valence-electron chi connectivity index (χ4n) is 2.24. The van der Waals surface area contributed by atoms with E-state index in [9.17, 15) is 4.79 Å². The molecule has 2 aromatic rings. The molecule has 4 nitrogen and oxygen atoms in total. The highest BCUT2D eigenvalue weighted by Gasteiger charge is 2.09. The number of nitriles is 1. The molecular weight excluding hydrogens is 300 g/mol. The highest BCUT2D eigenvalue weighted by molar-refractivity contribution is 6.12. The summed E-state index contributed by atoms with van der Waals surface area (Å²) in [5, 5.41) is 8.63. The minimum atomic E-state index is -0.704. The number of hydrogen-bond acceptors (Lipinski definition) is 4. The van der Waals surface area contributed by atoms with Gasteiger partial charge in [0, 0.05) is 24.1 Å². The van der Waals surface area contributed by atoms with Crippen LogP contribution in [0.2, 0.25) is 0 Å². The van der Waals surface area contributed by atoms with Crippen LogP contribution >= 0.6 is 0 Å². The Hall–Kier alpha value is -2.93. The van der Waals surface area contributed by atoms with Crippen LogP contribution in [0.4, 0.5) is 0 Å². The molecule has 122 valence electrons. The van der Waals surface area contributed by atoms with Crippen molar-refractivity contribution in [2.45, 2.75) is 25.9 Å². The summed E-state index contributed by atoms with van der Waals surface area (Å²) in [7, 11) is 0. The molecule has 24 heavy (non-hydrogen) atoms. The molecular formula is C20H20N2O2. The summed E-state index contributed by atoms with van der Waals surface area (Å²) in [4.78, 5) is 16.3. The van der Waals surface area contributed by atoms with Gasteiger partial charge in [-0.1, -0.05) is 60.7 Å². The molecule has 0 aliphatic heterocycles. The van der Waals surface area contributed by atoms with Gasteiger partial charge in [0.1, 0.15) is 6.07 Å². The maximum absolute atomic E-state index is 11.6. The third-order valence-corrected chi connectivity index (χ3v) is 3.39. The lowest BCUT2D eigenvalue weighted by Crippen LogP contribution is -2.13. The summed E-state index contributed by atoms with van der Waals surface area (Å²) < 4.78 is 4.93. The molecule has 0 N–H and O–H groups in total. The van der Waals surface area contributed by atoms with Gasteiger partial charge < -0.3 is 4.74 Å². The molecule has 2 aromatic carbocycles. The molecule has 1 unspecified atom stereocenters. The van der Waals surface area contributed by atoms with Crippen molar-refractivity contribution in [3.05, 3.63) is 71.8 Å². The van der Waals surface area contributed by atoms with Crippen molar-refractivity contribution in [2.24, 2.45) is 4.99 Å². The first-order valence-corrected chi connectivity index (χ1v) is 7.95. The minimum Gasteiger partial charge on any atom is -0.447 e. The van der Waals surface area contributed by atoms with E-state index in [1.54, 1.807) is 6.92 Å². The van der Waals surface area contributed by atoms with Crippen molar-refractivity contribution in [2.75, 3.05) is 6.54 Å². The predicted molar refractivity (Wildman–Crippen MR) is 93.8 cm³/mol. The molecule has 0 fully saturated rings. The van der Waals surface area contributed by atoms with Gasteiger partial charge >= 0.3 is 5.97 Å². The van der Waals surface area contributed by atoms with Gasteiger partial charge in [0.15, 0.2) is 6.10 Å². The molecule has 0 spiro atoms. The van der Waals surface area contributed by atoms with Gasteiger partial charge in [-0.2, -0.15) is 5.26 Å². The standard InChI is InChI=1S/C20H20N2O2/c1-16(15-21)24-19(23)13-8-14-22-20(17-9-4-2-5-10-17)18-11-6-3-7-12-18/h2-7,9-12,16H,8,13-14H2,1H3. The van der Waals surface area contributed by atoms with E-state index in [0.717, 1.165) is 16.8 Å². The second-order valence-corrected chi connectivity index (χ2v) is 5.33. The highest BCUT2D eigenvalue weighted by Crippen LogP contribution is 2.11. The molecule has 0 aromatic heterocycles. The lowest BCUT2D eigenvalue weighted by molar-refractivity contribution is -0.145. The van der Waals surface area contributed by atoms with Crippen LogP contribution in [0.3, 0.4) is 0 Å². The van der Waals surface area contributed by atoms with E-state index < -0.39 is 6.10 Å². The molecule has 0 amide bonds. The van der Waals surface area contributed by atoms with Crippen molar-refractivity contribution in [3.63, 3.8) is 0 Å². The minimum absolute atomic E-state index is 0.256. The van der Waals surface area contributed by atoms with E-state index in [2.05, 4.69) is 4.99 Å². The van der Waals surface area contributed by atoms with Crippen molar-refractivity contribution in [1.82, 2.24) is 0 Å². The molecule has 0 radical (unpaired) electrons. The van der Waals surface area contributed by atoms with Crippen LogP contribution < -0.4 is 0 Å². The monoisotopic (exact) mass is 320 g/mol. The van der Waals surface area contributed by atoms with Gasteiger partial charge in [-0.05, 0) is 13.3 Å². The van der Waals surface area contributed by atoms with E-state index in [1.165, 1.54) is 0 Å². The number of carbonyl (C=O) groups excluding carboxylic acids is 1. The first kappa shape index (κ1) is 17.4. The molecule has 0 aliphatic carbocycles. The van der Waals surface area contributed by atoms with Crippen LogP contribution in [0.25, 0.3) is 0 Å². The lowest BCUT2D eigenvalue weighted by atomic mass is 10.0. The van der Waals surface area contributed by atoms with E-state index in [4.69, 9.17) is 10.00 Å². The van der Waals surface area contributed by atoms with Gasteiger partial charge in [0.05, 0.1) is 5.71 Å². The molecule has 0 bridgehead atoms. The summed E-state index contributed by atoms with van der Waals surface area (Å²) in [5.41, 5.74) is 3.00. The zero-order valence-corrected chi connectivity index (χ0v) is 13.7. The van der Waals surface area contributed by atoms with Crippen molar-refractivity contribution in [3.8, 4) is 6.07 Å². The smallest absolute Gasteiger partial charge is 0.307 e. The van der Waals surface area contributed by atoms with E-state index in [1.807, 2.05) is 66.7 Å². The average Bonchev–Trinajstić information content (AvgIpc) is 2.63. The number of aliphatic imine (C=N–C) groups is 1. The molecule has 0 saturated carbocycles. The quantitative estimate of drug-likeness (QED) is 0.443. The Labute approximate surface area is 142 Å². The third-order valence-electron chi connectivity index (χ3n) is 3.39. The van der Waals surface area contributed by atoms with Crippen LogP contribution in [0.5, 0.6) is 0 Å². The topological polar surface area (TPSA) is 62.4 Å². The van der Waals surface area contributed by atoms with Crippen LogP contribution in [0.15, 0.2) is 65.7 Å². The van der Waals surface area contributed by atoms with Gasteiger partial charge in [-0.25, -0.2) is 0 Å². The van der Waals surface area contributed by atoms with Gasteiger partial charge in [0.2, 0.25) is 0 Å². The normalized spacial score (nSPS) is 11.2. The first-order valence-electron chi connectivity index (χ1n) is 7.95. The number of nitrogens with zero attached hydrogens (tertiary/aromatic N) is 2. The van der Waals surface area contributed by atoms with Crippen molar-refractivity contribution >= 4 is 11.7 Å². The molecule has 4 heteroatoms. The Kier molecular flexibility index (Phi) is 6.73. The van der Waals surface area contributed by atoms with Gasteiger partial charge in [-0.3, -0.25) is 9.79 Å². The Morgan fingerprint density at radius 1 is 1.08 bits per heavy atom. The maximum Gasteiger partial charge on any atom is 0.307 e. The highest BCUT2D eigenvalue weighted by atomic mass is 16.5. The summed E-state index contributed by atoms with van der Waals surface area (Å²) in [6, 6.07) is 21.8. The molecule has 0 saturated heterocycles. The summed E-state index contributed by atoms with van der Waals surface area (Å²) in [6.45, 7) is 2.08. The van der Waals surface area contributed by atoms with Crippen LogP contribution in [0.1, 0.15) is 30.9 Å². The number of hydrogen-bond donors (Lipinski definition) is 0. The fourth-order valence-corrected chi connectivity index (χ4v) is 2.24. The Bertz CT molecular complexity index is 677. The SMILES string of the molecule is CC(C#N)OC(=O)CCCN=C(c1ccccc1)c1ccccc1. The number of ether oxygens (including phenoxy) is 1.